The zero-order valence-corrected chi connectivity index (χ0v) is 10.6. The van der Waals surface area contributed by atoms with Crippen LogP contribution in [0.3, 0.4) is 0 Å². The Bertz CT molecular complexity index is 327. The number of rotatable bonds is 3. The predicted octanol–water partition coefficient (Wildman–Crippen LogP) is 3.37. The Morgan fingerprint density at radius 3 is 2.25 bits per heavy atom. The van der Waals surface area contributed by atoms with Crippen LogP contribution in [0.1, 0.15) is 19.3 Å². The number of thioether (sulfide) groups is 1. The summed E-state index contributed by atoms with van der Waals surface area (Å²) in [6, 6.07) is 10.9. The van der Waals surface area contributed by atoms with Gasteiger partial charge in [-0.2, -0.15) is 0 Å². The average molecular weight is 234 g/mol. The highest BCUT2D eigenvalue weighted by molar-refractivity contribution is 7.99. The molecule has 3 heterocycles. The van der Waals surface area contributed by atoms with Crippen LogP contribution in [0, 0.1) is 5.92 Å². The average Bonchev–Trinajstić information content (AvgIpc) is 2.40. The number of hydrogen-bond donors (Lipinski definition) is 0. The van der Waals surface area contributed by atoms with Crippen molar-refractivity contribution in [3.8, 4) is 0 Å². The first-order valence-corrected chi connectivity index (χ1v) is 7.38. The number of benzene rings is 1. The van der Waals surface area contributed by atoms with Crippen LogP contribution in [-0.2, 0) is 0 Å². The first kappa shape index (κ1) is 10.7. The molecule has 0 amide bonds. The van der Waals surface area contributed by atoms with Crippen LogP contribution in [0.2, 0.25) is 0 Å². The van der Waals surface area contributed by atoms with Gasteiger partial charge in [-0.15, -0.1) is 0 Å². The van der Waals surface area contributed by atoms with E-state index in [0.717, 1.165) is 5.92 Å². The van der Waals surface area contributed by atoms with E-state index in [1.165, 1.54) is 54.2 Å². The fourth-order valence-electron chi connectivity index (χ4n) is 3.06. The maximum absolute atomic E-state index is 2.24. The lowest BCUT2D eigenvalue weighted by atomic mass is 9.86. The summed E-state index contributed by atoms with van der Waals surface area (Å²) in [5.74, 6) is 2.36. The topological polar surface area (TPSA) is 0 Å². The van der Waals surface area contributed by atoms with Crippen molar-refractivity contribution in [3.05, 3.63) is 30.3 Å². The molecule has 0 aliphatic carbocycles. The first-order chi connectivity index (χ1) is 7.86. The van der Waals surface area contributed by atoms with Gasteiger partial charge in [-0.3, -0.25) is 0 Å². The number of hydrogen-bond acceptors (Lipinski definition) is 1. The fraction of sp³-hybridized carbons (Fsp3) is 0.571. The predicted molar refractivity (Wildman–Crippen MR) is 69.4 cm³/mol. The molecule has 3 aliphatic rings. The van der Waals surface area contributed by atoms with Crippen molar-refractivity contribution in [1.82, 2.24) is 0 Å². The van der Waals surface area contributed by atoms with Crippen LogP contribution in [0.15, 0.2) is 35.2 Å². The quantitative estimate of drug-likeness (QED) is 0.571. The lowest BCUT2D eigenvalue weighted by Gasteiger charge is -2.48. The van der Waals surface area contributed by atoms with Crippen molar-refractivity contribution in [2.45, 2.75) is 24.2 Å². The highest BCUT2D eigenvalue weighted by atomic mass is 32.2. The number of piperidine rings is 3. The first-order valence-electron chi connectivity index (χ1n) is 6.39. The van der Waals surface area contributed by atoms with E-state index in [2.05, 4.69) is 30.3 Å². The van der Waals surface area contributed by atoms with Crippen molar-refractivity contribution in [2.24, 2.45) is 5.92 Å². The van der Waals surface area contributed by atoms with Gasteiger partial charge in [-0.05, 0) is 37.3 Å². The Kier molecular flexibility index (Phi) is 2.95. The number of fused-ring (bicyclic) bond motifs is 3. The molecule has 1 aromatic carbocycles. The zero-order valence-electron chi connectivity index (χ0n) is 9.77. The largest absolute Gasteiger partial charge is 0.315 e. The summed E-state index contributed by atoms with van der Waals surface area (Å²) in [5, 5.41) is 0. The summed E-state index contributed by atoms with van der Waals surface area (Å²) in [4.78, 5) is 1.43. The summed E-state index contributed by atoms with van der Waals surface area (Å²) in [5.41, 5.74) is 0. The third kappa shape index (κ3) is 2.14. The SMILES string of the molecule is c1ccc(SC[N+]23CCC(CC2)CC3)cc1. The van der Waals surface area contributed by atoms with Gasteiger partial charge < -0.3 is 4.48 Å². The van der Waals surface area contributed by atoms with E-state index >= 15 is 0 Å². The van der Waals surface area contributed by atoms with E-state index in [0.29, 0.717) is 0 Å². The fourth-order valence-corrected chi connectivity index (χ4v) is 4.22. The Balaban J connectivity index is 1.62. The molecule has 86 valence electrons. The summed E-state index contributed by atoms with van der Waals surface area (Å²) in [6.07, 6.45) is 4.44. The molecule has 1 aromatic rings. The molecule has 2 bridgehead atoms. The third-order valence-corrected chi connectivity index (χ3v) is 5.57. The van der Waals surface area contributed by atoms with E-state index in [-0.39, 0.29) is 0 Å². The Hall–Kier alpha value is -0.470. The second-order valence-corrected chi connectivity index (χ2v) is 6.35. The second kappa shape index (κ2) is 4.42. The van der Waals surface area contributed by atoms with Crippen molar-refractivity contribution in [3.63, 3.8) is 0 Å². The van der Waals surface area contributed by atoms with E-state index in [1.54, 1.807) is 0 Å². The lowest BCUT2D eigenvalue weighted by Crippen LogP contribution is -2.57. The molecule has 0 unspecified atom stereocenters. The standard InChI is InChI=1S/C14H20NS/c1-2-4-14(5-3-1)16-12-15-9-6-13(7-10-15)8-11-15/h1-5,13H,6-12H2/q+1. The van der Waals surface area contributed by atoms with Crippen LogP contribution in [0.5, 0.6) is 0 Å². The van der Waals surface area contributed by atoms with Gasteiger partial charge in [0.1, 0.15) is 5.88 Å². The van der Waals surface area contributed by atoms with Crippen molar-refractivity contribution in [1.29, 1.82) is 0 Å². The summed E-state index contributed by atoms with van der Waals surface area (Å²) in [7, 11) is 0. The molecule has 0 spiro atoms. The van der Waals surface area contributed by atoms with Crippen molar-refractivity contribution in [2.75, 3.05) is 25.5 Å². The zero-order chi connectivity index (χ0) is 10.8. The Labute approximate surface area is 102 Å². The lowest BCUT2D eigenvalue weighted by molar-refractivity contribution is -0.931. The second-order valence-electron chi connectivity index (χ2n) is 5.33. The molecule has 0 aromatic heterocycles. The van der Waals surface area contributed by atoms with Crippen LogP contribution in [-0.4, -0.2) is 30.0 Å². The van der Waals surface area contributed by atoms with Gasteiger partial charge in [0.2, 0.25) is 0 Å². The van der Waals surface area contributed by atoms with Gasteiger partial charge in [-0.1, -0.05) is 30.0 Å². The molecule has 1 nitrogen and oxygen atoms in total. The van der Waals surface area contributed by atoms with Gasteiger partial charge in [0.15, 0.2) is 0 Å². The van der Waals surface area contributed by atoms with Gasteiger partial charge in [0, 0.05) is 4.90 Å². The van der Waals surface area contributed by atoms with Gasteiger partial charge in [-0.25, -0.2) is 0 Å². The van der Waals surface area contributed by atoms with Crippen LogP contribution in [0.4, 0.5) is 0 Å². The molecule has 0 atom stereocenters. The Morgan fingerprint density at radius 2 is 1.62 bits per heavy atom. The van der Waals surface area contributed by atoms with Gasteiger partial charge in [0.25, 0.3) is 0 Å². The minimum atomic E-state index is 1.07. The molecular formula is C14H20NS+. The summed E-state index contributed by atoms with van der Waals surface area (Å²) in [6.45, 7) is 4.31. The molecule has 16 heavy (non-hydrogen) atoms. The van der Waals surface area contributed by atoms with Gasteiger partial charge >= 0.3 is 0 Å². The van der Waals surface area contributed by atoms with Crippen molar-refractivity contribution >= 4 is 11.8 Å². The maximum atomic E-state index is 2.24. The molecule has 0 saturated carbocycles. The van der Waals surface area contributed by atoms with Crippen LogP contribution < -0.4 is 0 Å². The summed E-state index contributed by atoms with van der Waals surface area (Å²) >= 11 is 2.05. The maximum Gasteiger partial charge on any atom is 0.130 e. The Morgan fingerprint density at radius 1 is 1.00 bits per heavy atom. The number of quaternary nitrogens is 1. The molecule has 3 aliphatic heterocycles. The van der Waals surface area contributed by atoms with E-state index in [4.69, 9.17) is 0 Å². The number of nitrogens with zero attached hydrogens (tertiary/aromatic N) is 1. The molecule has 3 fully saturated rings. The minimum absolute atomic E-state index is 1.07. The molecule has 3 saturated heterocycles. The molecule has 4 rings (SSSR count). The van der Waals surface area contributed by atoms with Gasteiger partial charge in [0.05, 0.1) is 19.6 Å². The van der Waals surface area contributed by atoms with E-state index in [9.17, 15) is 0 Å². The molecule has 0 radical (unpaired) electrons. The van der Waals surface area contributed by atoms with E-state index in [1.807, 2.05) is 11.8 Å². The van der Waals surface area contributed by atoms with Crippen LogP contribution >= 0.6 is 11.8 Å². The molecule has 0 N–H and O–H groups in total. The van der Waals surface area contributed by atoms with E-state index < -0.39 is 0 Å². The van der Waals surface area contributed by atoms with Crippen molar-refractivity contribution < 1.29 is 4.48 Å². The molecule has 2 heteroatoms. The monoisotopic (exact) mass is 234 g/mol. The third-order valence-electron chi connectivity index (χ3n) is 4.28. The van der Waals surface area contributed by atoms with Crippen LogP contribution in [0.25, 0.3) is 0 Å². The highest BCUT2D eigenvalue weighted by Gasteiger charge is 2.39. The minimum Gasteiger partial charge on any atom is -0.315 e. The summed E-state index contributed by atoms with van der Waals surface area (Å²) < 4.78 is 1.38. The normalized spacial score (nSPS) is 32.9. The molecular weight excluding hydrogens is 214 g/mol. The highest BCUT2D eigenvalue weighted by Crippen LogP contribution is 2.36. The smallest absolute Gasteiger partial charge is 0.130 e.